The fourth-order valence-electron chi connectivity index (χ4n) is 1.79. The SMILES string of the molecule is O=C1CCC(C(=O)N2CCSC2)CN1. The highest BCUT2D eigenvalue weighted by molar-refractivity contribution is 7.99. The van der Waals surface area contributed by atoms with Gasteiger partial charge >= 0.3 is 0 Å². The molecule has 2 aliphatic heterocycles. The van der Waals surface area contributed by atoms with Crippen LogP contribution in [0.5, 0.6) is 0 Å². The van der Waals surface area contributed by atoms with Gasteiger partial charge in [0.25, 0.3) is 0 Å². The van der Waals surface area contributed by atoms with Crippen LogP contribution in [0, 0.1) is 5.92 Å². The molecule has 0 saturated carbocycles. The van der Waals surface area contributed by atoms with Crippen LogP contribution in [0.15, 0.2) is 0 Å². The third-order valence-electron chi connectivity index (χ3n) is 2.68. The van der Waals surface area contributed by atoms with E-state index < -0.39 is 0 Å². The maximum atomic E-state index is 11.9. The lowest BCUT2D eigenvalue weighted by atomic mass is 9.98. The van der Waals surface area contributed by atoms with E-state index in [4.69, 9.17) is 0 Å². The Morgan fingerprint density at radius 3 is 3.00 bits per heavy atom. The van der Waals surface area contributed by atoms with Gasteiger partial charge in [-0.05, 0) is 6.42 Å². The molecule has 2 saturated heterocycles. The van der Waals surface area contributed by atoms with Crippen LogP contribution in [0.1, 0.15) is 12.8 Å². The molecule has 1 unspecified atom stereocenters. The Bertz CT molecular complexity index is 241. The number of piperidine rings is 1. The van der Waals surface area contributed by atoms with Gasteiger partial charge in [-0.3, -0.25) is 9.59 Å². The fraction of sp³-hybridized carbons (Fsp3) is 0.778. The lowest BCUT2D eigenvalue weighted by Gasteiger charge is -2.25. The van der Waals surface area contributed by atoms with Crippen molar-refractivity contribution >= 4 is 23.6 Å². The number of nitrogens with zero attached hydrogens (tertiary/aromatic N) is 1. The maximum absolute atomic E-state index is 11.9. The summed E-state index contributed by atoms with van der Waals surface area (Å²) in [5, 5.41) is 2.74. The van der Waals surface area contributed by atoms with Crippen molar-refractivity contribution in [3.05, 3.63) is 0 Å². The standard InChI is InChI=1S/C9H14N2O2S/c12-8-2-1-7(5-10-8)9(13)11-3-4-14-6-11/h7H,1-6H2,(H,10,12). The van der Waals surface area contributed by atoms with Crippen molar-refractivity contribution < 1.29 is 9.59 Å². The molecule has 1 atom stereocenters. The highest BCUT2D eigenvalue weighted by Crippen LogP contribution is 2.19. The molecule has 0 spiro atoms. The Hall–Kier alpha value is -0.710. The Labute approximate surface area is 87.4 Å². The van der Waals surface area contributed by atoms with Crippen LogP contribution in [0.2, 0.25) is 0 Å². The molecule has 2 heterocycles. The third kappa shape index (κ3) is 2.03. The van der Waals surface area contributed by atoms with Crippen molar-refractivity contribution in [2.75, 3.05) is 24.7 Å². The summed E-state index contributed by atoms with van der Waals surface area (Å²) >= 11 is 1.79. The molecule has 14 heavy (non-hydrogen) atoms. The van der Waals surface area contributed by atoms with Crippen LogP contribution in [-0.4, -0.2) is 41.4 Å². The van der Waals surface area contributed by atoms with Gasteiger partial charge in [0.1, 0.15) is 0 Å². The van der Waals surface area contributed by atoms with E-state index in [0.717, 1.165) is 18.2 Å². The normalized spacial score (nSPS) is 27.6. The highest BCUT2D eigenvalue weighted by Gasteiger charge is 2.29. The van der Waals surface area contributed by atoms with Crippen LogP contribution in [0.4, 0.5) is 0 Å². The van der Waals surface area contributed by atoms with Gasteiger partial charge in [-0.2, -0.15) is 0 Å². The molecule has 0 bridgehead atoms. The molecule has 2 fully saturated rings. The molecule has 0 aromatic carbocycles. The van der Waals surface area contributed by atoms with Crippen molar-refractivity contribution in [3.8, 4) is 0 Å². The van der Waals surface area contributed by atoms with Gasteiger partial charge in [0.2, 0.25) is 11.8 Å². The minimum absolute atomic E-state index is 0.0198. The molecule has 0 aromatic rings. The molecule has 0 aliphatic carbocycles. The Kier molecular flexibility index (Phi) is 2.96. The number of rotatable bonds is 1. The summed E-state index contributed by atoms with van der Waals surface area (Å²) in [6, 6.07) is 0. The van der Waals surface area contributed by atoms with Gasteiger partial charge in [-0.1, -0.05) is 0 Å². The minimum atomic E-state index is 0.0198. The average Bonchev–Trinajstić information content (AvgIpc) is 2.71. The van der Waals surface area contributed by atoms with E-state index in [-0.39, 0.29) is 17.7 Å². The maximum Gasteiger partial charge on any atom is 0.228 e. The zero-order chi connectivity index (χ0) is 9.97. The van der Waals surface area contributed by atoms with Crippen LogP contribution in [-0.2, 0) is 9.59 Å². The molecule has 2 aliphatic rings. The van der Waals surface area contributed by atoms with E-state index in [1.54, 1.807) is 11.8 Å². The van der Waals surface area contributed by atoms with E-state index in [1.165, 1.54) is 0 Å². The summed E-state index contributed by atoms with van der Waals surface area (Å²) in [6.45, 7) is 1.40. The Morgan fingerprint density at radius 2 is 2.43 bits per heavy atom. The van der Waals surface area contributed by atoms with Gasteiger partial charge in [0, 0.05) is 25.3 Å². The first-order valence-electron chi connectivity index (χ1n) is 4.90. The molecule has 5 heteroatoms. The van der Waals surface area contributed by atoms with E-state index in [0.29, 0.717) is 19.4 Å². The smallest absolute Gasteiger partial charge is 0.228 e. The second kappa shape index (κ2) is 4.21. The van der Waals surface area contributed by atoms with Gasteiger partial charge in [-0.25, -0.2) is 0 Å². The summed E-state index contributed by atoms with van der Waals surface area (Å²) in [6.07, 6.45) is 1.21. The van der Waals surface area contributed by atoms with Gasteiger partial charge in [0.15, 0.2) is 0 Å². The lowest BCUT2D eigenvalue weighted by molar-refractivity contribution is -0.136. The molecular weight excluding hydrogens is 200 g/mol. The topological polar surface area (TPSA) is 49.4 Å². The highest BCUT2D eigenvalue weighted by atomic mass is 32.2. The molecule has 1 N–H and O–H groups in total. The Morgan fingerprint density at radius 1 is 1.57 bits per heavy atom. The number of thioether (sulfide) groups is 1. The first-order valence-corrected chi connectivity index (χ1v) is 6.06. The number of carbonyl (C=O) groups excluding carboxylic acids is 2. The first-order chi connectivity index (χ1) is 6.77. The van der Waals surface area contributed by atoms with E-state index in [9.17, 15) is 9.59 Å². The number of nitrogens with one attached hydrogen (secondary N) is 1. The quantitative estimate of drug-likeness (QED) is 0.671. The average molecular weight is 214 g/mol. The molecule has 2 rings (SSSR count). The lowest BCUT2D eigenvalue weighted by Crippen LogP contribution is -2.43. The molecular formula is C9H14N2O2S. The predicted octanol–water partition coefficient (Wildman–Crippen LogP) is 0.0455. The second-order valence-corrected chi connectivity index (χ2v) is 4.75. The van der Waals surface area contributed by atoms with Crippen LogP contribution in [0.3, 0.4) is 0 Å². The third-order valence-corrected chi connectivity index (χ3v) is 3.64. The molecule has 4 nitrogen and oxygen atoms in total. The van der Waals surface area contributed by atoms with Crippen molar-refractivity contribution in [1.82, 2.24) is 10.2 Å². The van der Waals surface area contributed by atoms with E-state index in [2.05, 4.69) is 5.32 Å². The first kappa shape index (κ1) is 9.83. The summed E-state index contributed by atoms with van der Waals surface area (Å²) in [5.74, 6) is 2.18. The summed E-state index contributed by atoms with van der Waals surface area (Å²) in [5.41, 5.74) is 0. The monoisotopic (exact) mass is 214 g/mol. The molecule has 78 valence electrons. The number of hydrogen-bond acceptors (Lipinski definition) is 3. The summed E-state index contributed by atoms with van der Waals surface area (Å²) in [4.78, 5) is 24.7. The fourth-order valence-corrected chi connectivity index (χ4v) is 2.74. The van der Waals surface area contributed by atoms with Crippen LogP contribution >= 0.6 is 11.8 Å². The molecule has 0 radical (unpaired) electrons. The van der Waals surface area contributed by atoms with Crippen molar-refractivity contribution in [3.63, 3.8) is 0 Å². The van der Waals surface area contributed by atoms with Crippen molar-refractivity contribution in [1.29, 1.82) is 0 Å². The van der Waals surface area contributed by atoms with Crippen molar-refractivity contribution in [2.24, 2.45) is 5.92 Å². The molecule has 0 aromatic heterocycles. The van der Waals surface area contributed by atoms with E-state index >= 15 is 0 Å². The van der Waals surface area contributed by atoms with Crippen LogP contribution < -0.4 is 5.32 Å². The summed E-state index contributed by atoms with van der Waals surface area (Å²) < 4.78 is 0. The minimum Gasteiger partial charge on any atom is -0.355 e. The zero-order valence-corrected chi connectivity index (χ0v) is 8.81. The second-order valence-electron chi connectivity index (χ2n) is 3.68. The zero-order valence-electron chi connectivity index (χ0n) is 7.99. The summed E-state index contributed by atoms with van der Waals surface area (Å²) in [7, 11) is 0. The largest absolute Gasteiger partial charge is 0.355 e. The number of amides is 2. The number of hydrogen-bond donors (Lipinski definition) is 1. The predicted molar refractivity (Wildman–Crippen MR) is 54.8 cm³/mol. The van der Waals surface area contributed by atoms with Gasteiger partial charge in [0.05, 0.1) is 11.8 Å². The van der Waals surface area contributed by atoms with Crippen LogP contribution in [0.25, 0.3) is 0 Å². The van der Waals surface area contributed by atoms with Gasteiger partial charge < -0.3 is 10.2 Å². The van der Waals surface area contributed by atoms with Gasteiger partial charge in [-0.15, -0.1) is 11.8 Å². The molecule has 2 amide bonds. The van der Waals surface area contributed by atoms with E-state index in [1.807, 2.05) is 4.90 Å². The van der Waals surface area contributed by atoms with Crippen molar-refractivity contribution in [2.45, 2.75) is 12.8 Å². The number of carbonyl (C=O) groups is 2. The Balaban J connectivity index is 1.88.